The molecule has 0 bridgehead atoms. The lowest BCUT2D eigenvalue weighted by Crippen LogP contribution is -2.09. The Kier molecular flexibility index (Phi) is 4.57. The quantitative estimate of drug-likeness (QED) is 0.883. The SMILES string of the molecule is CCNc1nc(Nc2cccc(N(C)C)c2)c(F)cc1F. The third-order valence-electron chi connectivity index (χ3n) is 2.90. The molecule has 0 aliphatic carbocycles. The maximum absolute atomic E-state index is 13.8. The molecule has 0 aliphatic heterocycles. The fourth-order valence-electron chi connectivity index (χ4n) is 1.84. The van der Waals surface area contributed by atoms with Crippen LogP contribution in [0.2, 0.25) is 0 Å². The Bertz CT molecular complexity index is 629. The van der Waals surface area contributed by atoms with Crippen molar-refractivity contribution in [1.29, 1.82) is 0 Å². The number of rotatable bonds is 5. The summed E-state index contributed by atoms with van der Waals surface area (Å²) in [6.45, 7) is 2.32. The highest BCUT2D eigenvalue weighted by atomic mass is 19.1. The van der Waals surface area contributed by atoms with Crippen molar-refractivity contribution in [2.45, 2.75) is 6.92 Å². The smallest absolute Gasteiger partial charge is 0.169 e. The predicted octanol–water partition coefficient (Wildman–Crippen LogP) is 3.60. The van der Waals surface area contributed by atoms with Crippen molar-refractivity contribution in [2.24, 2.45) is 0 Å². The molecule has 0 saturated heterocycles. The lowest BCUT2D eigenvalue weighted by Gasteiger charge is -2.15. The summed E-state index contributed by atoms with van der Waals surface area (Å²) in [6.07, 6.45) is 0. The van der Waals surface area contributed by atoms with E-state index in [9.17, 15) is 8.78 Å². The topological polar surface area (TPSA) is 40.2 Å². The van der Waals surface area contributed by atoms with E-state index in [1.165, 1.54) is 0 Å². The van der Waals surface area contributed by atoms with Crippen molar-refractivity contribution in [3.63, 3.8) is 0 Å². The first-order valence-electron chi connectivity index (χ1n) is 6.65. The molecule has 0 aliphatic rings. The summed E-state index contributed by atoms with van der Waals surface area (Å²) in [7, 11) is 3.83. The Balaban J connectivity index is 2.30. The van der Waals surface area contributed by atoms with Gasteiger partial charge in [-0.1, -0.05) is 6.07 Å². The zero-order valence-electron chi connectivity index (χ0n) is 12.2. The zero-order valence-corrected chi connectivity index (χ0v) is 12.2. The van der Waals surface area contributed by atoms with Gasteiger partial charge in [0.25, 0.3) is 0 Å². The van der Waals surface area contributed by atoms with Crippen LogP contribution in [0.15, 0.2) is 30.3 Å². The minimum atomic E-state index is -0.732. The van der Waals surface area contributed by atoms with E-state index in [0.29, 0.717) is 12.2 Å². The molecule has 21 heavy (non-hydrogen) atoms. The van der Waals surface area contributed by atoms with Gasteiger partial charge in [0.2, 0.25) is 0 Å². The van der Waals surface area contributed by atoms with Crippen molar-refractivity contribution < 1.29 is 8.78 Å². The number of nitrogens with one attached hydrogen (secondary N) is 2. The highest BCUT2D eigenvalue weighted by Crippen LogP contribution is 2.24. The minimum absolute atomic E-state index is 0.0109. The summed E-state index contributed by atoms with van der Waals surface area (Å²) in [6, 6.07) is 8.26. The van der Waals surface area contributed by atoms with Crippen LogP contribution in [0, 0.1) is 11.6 Å². The Labute approximate surface area is 122 Å². The molecule has 4 nitrogen and oxygen atoms in total. The summed E-state index contributed by atoms with van der Waals surface area (Å²) in [5.74, 6) is -1.42. The first-order valence-corrected chi connectivity index (χ1v) is 6.65. The molecule has 2 aromatic rings. The fraction of sp³-hybridized carbons (Fsp3) is 0.267. The molecule has 2 rings (SSSR count). The van der Waals surface area contributed by atoms with Gasteiger partial charge in [-0.15, -0.1) is 0 Å². The number of halogens is 2. The number of nitrogens with zero attached hydrogens (tertiary/aromatic N) is 2. The Morgan fingerprint density at radius 2 is 1.81 bits per heavy atom. The monoisotopic (exact) mass is 292 g/mol. The highest BCUT2D eigenvalue weighted by Gasteiger charge is 2.11. The summed E-state index contributed by atoms with van der Waals surface area (Å²) in [4.78, 5) is 5.88. The molecular formula is C15H18F2N4. The van der Waals surface area contributed by atoms with Gasteiger partial charge in [-0.3, -0.25) is 0 Å². The molecule has 0 radical (unpaired) electrons. The van der Waals surface area contributed by atoms with Crippen molar-refractivity contribution in [1.82, 2.24) is 4.98 Å². The highest BCUT2D eigenvalue weighted by molar-refractivity contribution is 5.64. The van der Waals surface area contributed by atoms with E-state index in [2.05, 4.69) is 15.6 Å². The maximum Gasteiger partial charge on any atom is 0.169 e. The van der Waals surface area contributed by atoms with Crippen molar-refractivity contribution >= 4 is 23.0 Å². The van der Waals surface area contributed by atoms with Crippen LogP contribution in [-0.4, -0.2) is 25.6 Å². The van der Waals surface area contributed by atoms with Crippen LogP contribution >= 0.6 is 0 Å². The van der Waals surface area contributed by atoms with E-state index in [1.54, 1.807) is 6.07 Å². The number of hydrogen-bond acceptors (Lipinski definition) is 4. The van der Waals surface area contributed by atoms with Crippen molar-refractivity contribution in [3.8, 4) is 0 Å². The molecule has 1 aromatic heterocycles. The van der Waals surface area contributed by atoms with E-state index >= 15 is 0 Å². The maximum atomic E-state index is 13.8. The van der Waals surface area contributed by atoms with E-state index in [1.807, 2.05) is 44.1 Å². The van der Waals surface area contributed by atoms with Crippen LogP contribution in [0.5, 0.6) is 0 Å². The molecule has 6 heteroatoms. The van der Waals surface area contributed by atoms with Gasteiger partial charge in [0.05, 0.1) is 0 Å². The van der Waals surface area contributed by atoms with Gasteiger partial charge >= 0.3 is 0 Å². The lowest BCUT2D eigenvalue weighted by molar-refractivity contribution is 0.579. The second kappa shape index (κ2) is 6.39. The molecule has 0 amide bonds. The second-order valence-electron chi connectivity index (χ2n) is 4.75. The fourth-order valence-corrected chi connectivity index (χ4v) is 1.84. The summed E-state index contributed by atoms with van der Waals surface area (Å²) >= 11 is 0. The predicted molar refractivity (Wildman–Crippen MR) is 82.4 cm³/mol. The Morgan fingerprint density at radius 1 is 1.10 bits per heavy atom. The van der Waals surface area contributed by atoms with Crippen LogP contribution in [0.4, 0.5) is 31.8 Å². The molecule has 0 fully saturated rings. The Morgan fingerprint density at radius 3 is 2.48 bits per heavy atom. The van der Waals surface area contributed by atoms with Gasteiger partial charge in [0.15, 0.2) is 23.3 Å². The number of hydrogen-bond donors (Lipinski definition) is 2. The van der Waals surface area contributed by atoms with Crippen LogP contribution < -0.4 is 15.5 Å². The van der Waals surface area contributed by atoms with Gasteiger partial charge in [0, 0.05) is 38.1 Å². The number of benzene rings is 1. The van der Waals surface area contributed by atoms with Crippen molar-refractivity contribution in [3.05, 3.63) is 42.0 Å². The van der Waals surface area contributed by atoms with Gasteiger partial charge in [-0.05, 0) is 25.1 Å². The van der Waals surface area contributed by atoms with Crippen LogP contribution in [0.3, 0.4) is 0 Å². The zero-order chi connectivity index (χ0) is 15.4. The molecule has 112 valence electrons. The molecule has 0 spiro atoms. The number of aromatic nitrogens is 1. The third-order valence-corrected chi connectivity index (χ3v) is 2.90. The van der Waals surface area contributed by atoms with Crippen molar-refractivity contribution in [2.75, 3.05) is 36.2 Å². The molecule has 0 saturated carbocycles. The van der Waals surface area contributed by atoms with Gasteiger partial charge in [-0.2, -0.15) is 0 Å². The summed E-state index contributed by atoms with van der Waals surface area (Å²) in [5, 5.41) is 5.63. The average molecular weight is 292 g/mol. The molecule has 1 heterocycles. The normalized spacial score (nSPS) is 10.3. The van der Waals surface area contributed by atoms with E-state index in [4.69, 9.17) is 0 Å². The van der Waals surface area contributed by atoms with Gasteiger partial charge in [-0.25, -0.2) is 13.8 Å². The van der Waals surface area contributed by atoms with E-state index < -0.39 is 11.6 Å². The van der Waals surface area contributed by atoms with Gasteiger partial charge in [0.1, 0.15) is 0 Å². The molecule has 2 N–H and O–H groups in total. The van der Waals surface area contributed by atoms with Gasteiger partial charge < -0.3 is 15.5 Å². The average Bonchev–Trinajstić information content (AvgIpc) is 2.44. The van der Waals surface area contributed by atoms with E-state index in [-0.39, 0.29) is 11.6 Å². The second-order valence-corrected chi connectivity index (χ2v) is 4.75. The van der Waals surface area contributed by atoms with E-state index in [0.717, 1.165) is 11.8 Å². The lowest BCUT2D eigenvalue weighted by atomic mass is 10.2. The molecular weight excluding hydrogens is 274 g/mol. The largest absolute Gasteiger partial charge is 0.378 e. The standard InChI is InChI=1S/C15H18F2N4/c1-4-18-14-12(16)9-13(17)15(20-14)19-10-6-5-7-11(8-10)21(2)3/h5-9H,4H2,1-3H3,(H2,18,19,20). The molecule has 0 atom stereocenters. The molecule has 0 unspecified atom stereocenters. The Hall–Kier alpha value is -2.37. The first-order chi connectivity index (χ1) is 10.0. The summed E-state index contributed by atoms with van der Waals surface area (Å²) < 4.78 is 27.3. The number of pyridine rings is 1. The van der Waals surface area contributed by atoms with Crippen LogP contribution in [-0.2, 0) is 0 Å². The van der Waals surface area contributed by atoms with Crippen LogP contribution in [0.25, 0.3) is 0 Å². The summed E-state index contributed by atoms with van der Waals surface area (Å²) in [5.41, 5.74) is 1.65. The number of anilines is 4. The van der Waals surface area contributed by atoms with Crippen LogP contribution in [0.1, 0.15) is 6.92 Å². The minimum Gasteiger partial charge on any atom is -0.378 e. The third kappa shape index (κ3) is 3.59. The first kappa shape index (κ1) is 15.0. The molecule has 1 aromatic carbocycles.